The number of amides is 2. The fourth-order valence-corrected chi connectivity index (χ4v) is 2.73. The Kier molecular flexibility index (Phi) is 4.96. The maximum Gasteiger partial charge on any atom is 0.226 e. The molecule has 0 aromatic heterocycles. The number of nitrogens with one attached hydrogen (secondary N) is 1. The summed E-state index contributed by atoms with van der Waals surface area (Å²) < 4.78 is 4.93. The van der Waals surface area contributed by atoms with Crippen molar-refractivity contribution in [1.82, 2.24) is 10.2 Å². The molecule has 1 aromatic carbocycles. The Morgan fingerprint density at radius 1 is 1.38 bits per heavy atom. The molecule has 21 heavy (non-hydrogen) atoms. The summed E-state index contributed by atoms with van der Waals surface area (Å²) in [5.74, 6) is -0.426. The molecule has 1 aliphatic rings. The zero-order valence-electron chi connectivity index (χ0n) is 12.8. The second-order valence-electron chi connectivity index (χ2n) is 5.45. The number of carbonyl (C=O) groups excluding carboxylic acids is 2. The Balaban J connectivity index is 2.16. The Labute approximate surface area is 125 Å². The molecule has 2 amide bonds. The van der Waals surface area contributed by atoms with E-state index in [1.165, 1.54) is 0 Å². The third kappa shape index (κ3) is 3.42. The van der Waals surface area contributed by atoms with Crippen LogP contribution in [0.2, 0.25) is 0 Å². The van der Waals surface area contributed by atoms with E-state index in [0.29, 0.717) is 13.2 Å². The molecule has 0 unspecified atom stereocenters. The van der Waals surface area contributed by atoms with Crippen molar-refractivity contribution in [2.75, 3.05) is 27.3 Å². The van der Waals surface area contributed by atoms with Gasteiger partial charge in [-0.15, -0.1) is 0 Å². The van der Waals surface area contributed by atoms with E-state index in [4.69, 9.17) is 4.74 Å². The Bertz CT molecular complexity index is 513. The molecule has 5 nitrogen and oxygen atoms in total. The van der Waals surface area contributed by atoms with Crippen LogP contribution in [0.5, 0.6) is 0 Å². The Morgan fingerprint density at radius 3 is 2.67 bits per heavy atom. The van der Waals surface area contributed by atoms with Gasteiger partial charge in [-0.25, -0.2) is 0 Å². The summed E-state index contributed by atoms with van der Waals surface area (Å²) in [6.45, 7) is 2.95. The molecule has 1 N–H and O–H groups in total. The van der Waals surface area contributed by atoms with Gasteiger partial charge in [0, 0.05) is 27.1 Å². The number of nitrogens with zero attached hydrogens (tertiary/aromatic N) is 1. The summed E-state index contributed by atoms with van der Waals surface area (Å²) in [6.07, 6.45) is 0.258. The predicted molar refractivity (Wildman–Crippen MR) is 79.7 cm³/mol. The average Bonchev–Trinajstić information content (AvgIpc) is 2.76. The Hall–Kier alpha value is -1.88. The van der Waals surface area contributed by atoms with Gasteiger partial charge in [-0.1, -0.05) is 29.8 Å². The largest absolute Gasteiger partial charge is 0.383 e. The monoisotopic (exact) mass is 290 g/mol. The fraction of sp³-hybridized carbons (Fsp3) is 0.500. The van der Waals surface area contributed by atoms with Crippen molar-refractivity contribution in [1.29, 1.82) is 0 Å². The van der Waals surface area contributed by atoms with E-state index >= 15 is 0 Å². The normalized spacial score (nSPS) is 21.7. The molecule has 114 valence electrons. The third-order valence-corrected chi connectivity index (χ3v) is 3.95. The highest BCUT2D eigenvalue weighted by molar-refractivity contribution is 5.90. The molecule has 0 bridgehead atoms. The van der Waals surface area contributed by atoms with Gasteiger partial charge in [0.2, 0.25) is 11.8 Å². The lowest BCUT2D eigenvalue weighted by Gasteiger charge is -2.25. The first-order valence-electron chi connectivity index (χ1n) is 7.13. The number of likely N-dealkylation sites (tertiary alicyclic amines) is 1. The van der Waals surface area contributed by atoms with Gasteiger partial charge in [0.1, 0.15) is 0 Å². The van der Waals surface area contributed by atoms with Crippen LogP contribution in [0.15, 0.2) is 24.3 Å². The zero-order chi connectivity index (χ0) is 15.4. The van der Waals surface area contributed by atoms with Crippen LogP contribution in [-0.2, 0) is 14.3 Å². The van der Waals surface area contributed by atoms with Crippen molar-refractivity contribution < 1.29 is 14.3 Å². The molecule has 1 fully saturated rings. The quantitative estimate of drug-likeness (QED) is 0.831. The lowest BCUT2D eigenvalue weighted by Crippen LogP contribution is -2.36. The number of hydrogen-bond donors (Lipinski definition) is 1. The van der Waals surface area contributed by atoms with E-state index in [0.717, 1.165) is 11.1 Å². The van der Waals surface area contributed by atoms with Gasteiger partial charge >= 0.3 is 0 Å². The first-order chi connectivity index (χ1) is 10.0. The minimum atomic E-state index is -0.345. The highest BCUT2D eigenvalue weighted by atomic mass is 16.5. The highest BCUT2D eigenvalue weighted by Crippen LogP contribution is 2.37. The smallest absolute Gasteiger partial charge is 0.226 e. The van der Waals surface area contributed by atoms with E-state index < -0.39 is 0 Å². The van der Waals surface area contributed by atoms with Crippen molar-refractivity contribution in [2.24, 2.45) is 5.92 Å². The van der Waals surface area contributed by atoms with Gasteiger partial charge in [0.25, 0.3) is 0 Å². The van der Waals surface area contributed by atoms with Crippen LogP contribution in [0.4, 0.5) is 0 Å². The second kappa shape index (κ2) is 6.72. The molecule has 0 radical (unpaired) electrons. The summed E-state index contributed by atoms with van der Waals surface area (Å²) in [6, 6.07) is 7.80. The lowest BCUT2D eigenvalue weighted by atomic mass is 9.92. The first kappa shape index (κ1) is 15.5. The number of methoxy groups -OCH3 is 1. The van der Waals surface area contributed by atoms with Crippen molar-refractivity contribution in [3.05, 3.63) is 35.4 Å². The minimum Gasteiger partial charge on any atom is -0.383 e. The average molecular weight is 290 g/mol. The predicted octanol–water partition coefficient (Wildman–Crippen LogP) is 1.28. The molecule has 1 saturated heterocycles. The van der Waals surface area contributed by atoms with Crippen molar-refractivity contribution in [3.8, 4) is 0 Å². The van der Waals surface area contributed by atoms with Crippen molar-refractivity contribution in [2.45, 2.75) is 19.4 Å². The van der Waals surface area contributed by atoms with Crippen LogP contribution in [0.3, 0.4) is 0 Å². The highest BCUT2D eigenvalue weighted by Gasteiger charge is 2.42. The third-order valence-electron chi connectivity index (χ3n) is 3.95. The topological polar surface area (TPSA) is 58.6 Å². The van der Waals surface area contributed by atoms with Gasteiger partial charge < -0.3 is 15.0 Å². The van der Waals surface area contributed by atoms with E-state index in [-0.39, 0.29) is 30.2 Å². The van der Waals surface area contributed by atoms with E-state index in [2.05, 4.69) is 5.32 Å². The van der Waals surface area contributed by atoms with Crippen LogP contribution in [0, 0.1) is 12.8 Å². The Morgan fingerprint density at radius 2 is 2.05 bits per heavy atom. The molecular formula is C16H22N2O3. The number of hydrogen-bond acceptors (Lipinski definition) is 3. The van der Waals surface area contributed by atoms with E-state index in [1.807, 2.05) is 31.2 Å². The summed E-state index contributed by atoms with van der Waals surface area (Å²) in [5, 5.41) is 2.83. The number of carbonyl (C=O) groups is 2. The van der Waals surface area contributed by atoms with Crippen molar-refractivity contribution in [3.63, 3.8) is 0 Å². The molecule has 2 rings (SSSR count). The molecule has 1 aromatic rings. The molecular weight excluding hydrogens is 268 g/mol. The second-order valence-corrected chi connectivity index (χ2v) is 5.45. The number of rotatable bonds is 5. The standard InChI is InChI=1S/C16H22N2O3/c1-11-4-6-12(7-5-11)15-13(10-14(19)18(15)2)16(20)17-8-9-21-3/h4-7,13,15H,8-10H2,1-3H3,(H,17,20)/t13-,15-/m0/s1. The molecule has 5 heteroatoms. The van der Waals surface area contributed by atoms with Gasteiger partial charge in [0.05, 0.1) is 18.6 Å². The summed E-state index contributed by atoms with van der Waals surface area (Å²) in [5.41, 5.74) is 2.16. The number of aryl methyl sites for hydroxylation is 1. The van der Waals surface area contributed by atoms with Gasteiger partial charge in [-0.05, 0) is 12.5 Å². The number of ether oxygens (including phenoxy) is 1. The number of benzene rings is 1. The van der Waals surface area contributed by atoms with Gasteiger partial charge in [-0.3, -0.25) is 9.59 Å². The van der Waals surface area contributed by atoms with Crippen LogP contribution in [0.1, 0.15) is 23.6 Å². The van der Waals surface area contributed by atoms with Crippen LogP contribution in [-0.4, -0.2) is 44.0 Å². The molecule has 1 heterocycles. The summed E-state index contributed by atoms with van der Waals surface area (Å²) in [7, 11) is 3.35. The fourth-order valence-electron chi connectivity index (χ4n) is 2.73. The van der Waals surface area contributed by atoms with Gasteiger partial charge in [-0.2, -0.15) is 0 Å². The molecule has 0 saturated carbocycles. The molecule has 0 aliphatic carbocycles. The van der Waals surface area contributed by atoms with Crippen LogP contribution < -0.4 is 5.32 Å². The van der Waals surface area contributed by atoms with E-state index in [1.54, 1.807) is 19.1 Å². The van der Waals surface area contributed by atoms with Crippen molar-refractivity contribution >= 4 is 11.8 Å². The zero-order valence-corrected chi connectivity index (χ0v) is 12.8. The maximum atomic E-state index is 12.3. The van der Waals surface area contributed by atoms with Crippen LogP contribution >= 0.6 is 0 Å². The summed E-state index contributed by atoms with van der Waals surface area (Å²) >= 11 is 0. The lowest BCUT2D eigenvalue weighted by molar-refractivity contribution is -0.128. The molecule has 1 aliphatic heterocycles. The SMILES string of the molecule is COCCNC(=O)[C@H]1CC(=O)N(C)[C@H]1c1ccc(C)cc1. The van der Waals surface area contributed by atoms with Gasteiger partial charge in [0.15, 0.2) is 0 Å². The summed E-state index contributed by atoms with van der Waals surface area (Å²) in [4.78, 5) is 26.0. The molecule has 2 atom stereocenters. The molecule has 0 spiro atoms. The minimum absolute atomic E-state index is 0.00691. The first-order valence-corrected chi connectivity index (χ1v) is 7.13. The van der Waals surface area contributed by atoms with Crippen LogP contribution in [0.25, 0.3) is 0 Å². The maximum absolute atomic E-state index is 12.3. The van der Waals surface area contributed by atoms with E-state index in [9.17, 15) is 9.59 Å².